The van der Waals surface area contributed by atoms with Crippen molar-refractivity contribution < 1.29 is 9.84 Å². The van der Waals surface area contributed by atoms with Crippen molar-refractivity contribution in [2.75, 3.05) is 46.9 Å². The summed E-state index contributed by atoms with van der Waals surface area (Å²) in [5.41, 5.74) is 0. The molecule has 116 valence electrons. The van der Waals surface area contributed by atoms with Gasteiger partial charge >= 0.3 is 0 Å². The van der Waals surface area contributed by atoms with Gasteiger partial charge in [0.1, 0.15) is 0 Å². The van der Waals surface area contributed by atoms with Crippen molar-refractivity contribution in [2.24, 2.45) is 0 Å². The first-order chi connectivity index (χ1) is 9.16. The van der Waals surface area contributed by atoms with Gasteiger partial charge in [0.05, 0.1) is 12.7 Å². The fourth-order valence-corrected chi connectivity index (χ4v) is 1.83. The van der Waals surface area contributed by atoms with Crippen LogP contribution in [0.25, 0.3) is 0 Å². The Bertz CT molecular complexity index is 178. The maximum absolute atomic E-state index is 9.69. The van der Waals surface area contributed by atoms with Crippen molar-refractivity contribution >= 4 is 0 Å². The molecule has 0 aliphatic carbocycles. The molecule has 2 N–H and O–H groups in total. The molecule has 0 aromatic carbocycles. The zero-order valence-corrected chi connectivity index (χ0v) is 13.2. The molecule has 0 fully saturated rings. The Morgan fingerprint density at radius 3 is 2.47 bits per heavy atom. The van der Waals surface area contributed by atoms with Crippen LogP contribution in [0.1, 0.15) is 45.4 Å². The fraction of sp³-hybridized carbons (Fsp3) is 1.00. The van der Waals surface area contributed by atoms with E-state index in [1.54, 1.807) is 0 Å². The lowest BCUT2D eigenvalue weighted by Crippen LogP contribution is -2.34. The molecule has 4 heteroatoms. The normalized spacial score (nSPS) is 13.1. The van der Waals surface area contributed by atoms with Crippen molar-refractivity contribution in [3.05, 3.63) is 0 Å². The van der Waals surface area contributed by atoms with E-state index in [9.17, 15) is 5.11 Å². The maximum Gasteiger partial charge on any atom is 0.0897 e. The molecule has 0 rings (SSSR count). The van der Waals surface area contributed by atoms with Gasteiger partial charge in [-0.1, -0.05) is 39.0 Å². The van der Waals surface area contributed by atoms with E-state index in [1.165, 1.54) is 32.1 Å². The van der Waals surface area contributed by atoms with Crippen LogP contribution in [0.5, 0.6) is 0 Å². The van der Waals surface area contributed by atoms with Crippen LogP contribution in [0, 0.1) is 0 Å². The van der Waals surface area contributed by atoms with Crippen LogP contribution >= 0.6 is 0 Å². The molecule has 1 unspecified atom stereocenters. The zero-order valence-electron chi connectivity index (χ0n) is 13.2. The number of aliphatic hydroxyl groups excluding tert-OH is 1. The molecule has 0 aromatic rings. The molecule has 0 bridgehead atoms. The third-order valence-electron chi connectivity index (χ3n) is 3.07. The molecular formula is C15H34N2O2. The number of hydrogen-bond acceptors (Lipinski definition) is 4. The van der Waals surface area contributed by atoms with Gasteiger partial charge in [-0.25, -0.2) is 0 Å². The predicted molar refractivity (Wildman–Crippen MR) is 81.6 cm³/mol. The van der Waals surface area contributed by atoms with E-state index < -0.39 is 0 Å². The van der Waals surface area contributed by atoms with Crippen LogP contribution in [-0.4, -0.2) is 63.1 Å². The lowest BCUT2D eigenvalue weighted by atomic mass is 10.1. The third-order valence-corrected chi connectivity index (χ3v) is 3.07. The number of likely N-dealkylation sites (N-methyl/N-ethyl adjacent to an activating group) is 1. The van der Waals surface area contributed by atoms with Gasteiger partial charge in [-0.2, -0.15) is 0 Å². The van der Waals surface area contributed by atoms with Gasteiger partial charge < -0.3 is 20.1 Å². The molecule has 0 saturated heterocycles. The van der Waals surface area contributed by atoms with E-state index in [2.05, 4.69) is 17.1 Å². The summed E-state index contributed by atoms with van der Waals surface area (Å²) in [6.45, 7) is 5.97. The largest absolute Gasteiger partial charge is 0.389 e. The first kappa shape index (κ1) is 18.8. The SMILES string of the molecule is CCCCCCCCOCC(O)CNCCN(C)C. The van der Waals surface area contributed by atoms with Crippen LogP contribution < -0.4 is 5.32 Å². The van der Waals surface area contributed by atoms with E-state index in [0.29, 0.717) is 13.2 Å². The second kappa shape index (κ2) is 14.3. The highest BCUT2D eigenvalue weighted by atomic mass is 16.5. The average molecular weight is 274 g/mol. The second-order valence-electron chi connectivity index (χ2n) is 5.50. The second-order valence-corrected chi connectivity index (χ2v) is 5.50. The molecule has 0 radical (unpaired) electrons. The van der Waals surface area contributed by atoms with Crippen molar-refractivity contribution in [3.63, 3.8) is 0 Å². The highest BCUT2D eigenvalue weighted by molar-refractivity contribution is 4.59. The van der Waals surface area contributed by atoms with Crippen molar-refractivity contribution in [3.8, 4) is 0 Å². The minimum absolute atomic E-state index is 0.387. The first-order valence-electron chi connectivity index (χ1n) is 7.78. The number of nitrogens with zero attached hydrogens (tertiary/aromatic N) is 1. The van der Waals surface area contributed by atoms with Gasteiger partial charge in [0, 0.05) is 26.2 Å². The molecule has 1 atom stereocenters. The topological polar surface area (TPSA) is 44.7 Å². The summed E-state index contributed by atoms with van der Waals surface area (Å²) in [6.07, 6.45) is 7.27. The summed E-state index contributed by atoms with van der Waals surface area (Å²) < 4.78 is 5.48. The minimum atomic E-state index is -0.387. The number of rotatable bonds is 14. The monoisotopic (exact) mass is 274 g/mol. The van der Waals surface area contributed by atoms with E-state index in [4.69, 9.17) is 4.74 Å². The Hall–Kier alpha value is -0.160. The molecule has 0 amide bonds. The van der Waals surface area contributed by atoms with Gasteiger partial charge in [0.2, 0.25) is 0 Å². The van der Waals surface area contributed by atoms with Crippen molar-refractivity contribution in [2.45, 2.75) is 51.6 Å². The predicted octanol–water partition coefficient (Wildman–Crippen LogP) is 1.88. The Morgan fingerprint density at radius 2 is 1.79 bits per heavy atom. The first-order valence-corrected chi connectivity index (χ1v) is 7.78. The molecule has 0 aliphatic rings. The van der Waals surface area contributed by atoms with Gasteiger partial charge in [-0.05, 0) is 20.5 Å². The lowest BCUT2D eigenvalue weighted by Gasteiger charge is -2.14. The Balaban J connectivity index is 3.13. The highest BCUT2D eigenvalue weighted by Crippen LogP contribution is 2.04. The zero-order chi connectivity index (χ0) is 14.3. The molecular weight excluding hydrogens is 240 g/mol. The Kier molecular flexibility index (Phi) is 14.1. The van der Waals surface area contributed by atoms with Crippen LogP contribution in [0.2, 0.25) is 0 Å². The van der Waals surface area contributed by atoms with E-state index in [-0.39, 0.29) is 6.10 Å². The summed E-state index contributed by atoms with van der Waals surface area (Å²) in [5, 5.41) is 12.9. The Morgan fingerprint density at radius 1 is 1.11 bits per heavy atom. The molecule has 0 saturated carbocycles. The fourth-order valence-electron chi connectivity index (χ4n) is 1.83. The number of hydrogen-bond donors (Lipinski definition) is 2. The molecule has 0 spiro atoms. The van der Waals surface area contributed by atoms with Crippen LogP contribution in [-0.2, 0) is 4.74 Å². The van der Waals surface area contributed by atoms with E-state index in [0.717, 1.165) is 26.1 Å². The quantitative estimate of drug-likeness (QED) is 0.475. The molecule has 4 nitrogen and oxygen atoms in total. The molecule has 0 heterocycles. The number of aliphatic hydroxyl groups is 1. The van der Waals surface area contributed by atoms with E-state index >= 15 is 0 Å². The number of nitrogens with one attached hydrogen (secondary N) is 1. The standard InChI is InChI=1S/C15H34N2O2/c1-4-5-6-7-8-9-12-19-14-15(18)13-16-10-11-17(2)3/h15-16,18H,4-14H2,1-3H3. The van der Waals surface area contributed by atoms with Crippen molar-refractivity contribution in [1.29, 1.82) is 0 Å². The minimum Gasteiger partial charge on any atom is -0.389 e. The highest BCUT2D eigenvalue weighted by Gasteiger charge is 2.03. The third kappa shape index (κ3) is 15.8. The van der Waals surface area contributed by atoms with Gasteiger partial charge in [0.25, 0.3) is 0 Å². The van der Waals surface area contributed by atoms with Gasteiger partial charge in [-0.3, -0.25) is 0 Å². The smallest absolute Gasteiger partial charge is 0.0897 e. The number of unbranched alkanes of at least 4 members (excludes halogenated alkanes) is 5. The lowest BCUT2D eigenvalue weighted by molar-refractivity contribution is 0.0354. The van der Waals surface area contributed by atoms with Gasteiger partial charge in [-0.15, -0.1) is 0 Å². The maximum atomic E-state index is 9.69. The van der Waals surface area contributed by atoms with E-state index in [1.807, 2.05) is 14.1 Å². The van der Waals surface area contributed by atoms with Crippen LogP contribution in [0.15, 0.2) is 0 Å². The molecule has 0 aromatic heterocycles. The Labute approximate surface area is 119 Å². The molecule has 0 aliphatic heterocycles. The summed E-state index contributed by atoms with van der Waals surface area (Å²) in [7, 11) is 4.09. The summed E-state index contributed by atoms with van der Waals surface area (Å²) in [4.78, 5) is 2.12. The van der Waals surface area contributed by atoms with Crippen LogP contribution in [0.4, 0.5) is 0 Å². The van der Waals surface area contributed by atoms with Crippen molar-refractivity contribution in [1.82, 2.24) is 10.2 Å². The number of ether oxygens (including phenoxy) is 1. The molecule has 19 heavy (non-hydrogen) atoms. The summed E-state index contributed by atoms with van der Waals surface area (Å²) in [5.74, 6) is 0. The van der Waals surface area contributed by atoms with Crippen LogP contribution in [0.3, 0.4) is 0 Å². The average Bonchev–Trinajstić information content (AvgIpc) is 2.37. The van der Waals surface area contributed by atoms with Gasteiger partial charge in [0.15, 0.2) is 0 Å². The summed E-state index contributed by atoms with van der Waals surface area (Å²) in [6, 6.07) is 0. The summed E-state index contributed by atoms with van der Waals surface area (Å²) >= 11 is 0.